The first-order valence-corrected chi connectivity index (χ1v) is 13.3. The smallest absolute Gasteiger partial charge is 0.410 e. The van der Waals surface area contributed by atoms with Crippen molar-refractivity contribution in [2.75, 3.05) is 38.0 Å². The van der Waals surface area contributed by atoms with Crippen molar-refractivity contribution in [2.45, 2.75) is 76.5 Å². The Morgan fingerprint density at radius 2 is 1.73 bits per heavy atom. The van der Waals surface area contributed by atoms with E-state index < -0.39 is 5.60 Å². The fraction of sp³-hybridized carbons (Fsp3) is 0.630. The van der Waals surface area contributed by atoms with Crippen LogP contribution in [-0.4, -0.2) is 84.0 Å². The van der Waals surface area contributed by atoms with E-state index in [1.165, 1.54) is 5.56 Å². The van der Waals surface area contributed by atoms with Crippen molar-refractivity contribution in [1.82, 2.24) is 20.4 Å². The average molecular weight is 514 g/mol. The standard InChI is InChI=1S/C27H39N5O5/c1-27(2,3)37-26(36)32-15-12-21(16-32)29-24(34)17-31-13-10-19(11-14-31)18-4-6-20(7-5-18)28-22-8-9-23(33)30-25(22)35/h4-7,19,21-22,28H,8-17H2,1-3H3,(H,29,34)(H,30,33,35)/t21-,22?/m0/s1. The summed E-state index contributed by atoms with van der Waals surface area (Å²) >= 11 is 0. The van der Waals surface area contributed by atoms with Gasteiger partial charge < -0.3 is 20.3 Å². The first kappa shape index (κ1) is 26.9. The predicted molar refractivity (Wildman–Crippen MR) is 139 cm³/mol. The summed E-state index contributed by atoms with van der Waals surface area (Å²) in [5, 5.41) is 8.66. The van der Waals surface area contributed by atoms with Crippen molar-refractivity contribution in [3.63, 3.8) is 0 Å². The van der Waals surface area contributed by atoms with Crippen molar-refractivity contribution in [3.05, 3.63) is 29.8 Å². The molecular weight excluding hydrogens is 474 g/mol. The van der Waals surface area contributed by atoms with Crippen LogP contribution in [0.1, 0.15) is 64.4 Å². The Morgan fingerprint density at radius 1 is 1.03 bits per heavy atom. The van der Waals surface area contributed by atoms with Gasteiger partial charge in [0.2, 0.25) is 17.7 Å². The van der Waals surface area contributed by atoms with E-state index in [0.29, 0.717) is 38.4 Å². The van der Waals surface area contributed by atoms with Crippen molar-refractivity contribution in [1.29, 1.82) is 0 Å². The molecule has 10 heteroatoms. The average Bonchev–Trinajstić information content (AvgIpc) is 3.29. The molecule has 1 unspecified atom stereocenters. The molecular formula is C27H39N5O5. The third kappa shape index (κ3) is 7.67. The number of rotatable bonds is 6. The van der Waals surface area contributed by atoms with Gasteiger partial charge in [0.15, 0.2) is 0 Å². The first-order valence-electron chi connectivity index (χ1n) is 13.3. The molecule has 3 N–H and O–H groups in total. The van der Waals surface area contributed by atoms with E-state index in [9.17, 15) is 19.2 Å². The third-order valence-corrected chi connectivity index (χ3v) is 7.12. The Balaban J connectivity index is 1.17. The molecule has 4 amide bonds. The summed E-state index contributed by atoms with van der Waals surface area (Å²) in [6, 6.07) is 7.74. The molecule has 0 aromatic heterocycles. The number of amides is 4. The molecule has 1 aromatic carbocycles. The van der Waals surface area contributed by atoms with Gasteiger partial charge in [-0.05, 0) is 83.2 Å². The van der Waals surface area contributed by atoms with Gasteiger partial charge in [-0.1, -0.05) is 12.1 Å². The van der Waals surface area contributed by atoms with E-state index in [1.54, 1.807) is 4.90 Å². The van der Waals surface area contributed by atoms with Crippen LogP contribution in [0, 0.1) is 0 Å². The van der Waals surface area contributed by atoms with Crippen LogP contribution in [-0.2, 0) is 19.1 Å². The number of imide groups is 1. The van der Waals surface area contributed by atoms with Crippen molar-refractivity contribution < 1.29 is 23.9 Å². The zero-order valence-corrected chi connectivity index (χ0v) is 22.0. The first-order chi connectivity index (χ1) is 17.6. The lowest BCUT2D eigenvalue weighted by molar-refractivity contribution is -0.133. The zero-order chi connectivity index (χ0) is 26.6. The molecule has 4 rings (SSSR count). The van der Waals surface area contributed by atoms with E-state index in [2.05, 4.69) is 33.0 Å². The number of carbonyl (C=O) groups is 4. The van der Waals surface area contributed by atoms with Gasteiger partial charge in [0.1, 0.15) is 11.6 Å². The number of hydrogen-bond acceptors (Lipinski definition) is 7. The number of hydrogen-bond donors (Lipinski definition) is 3. The largest absolute Gasteiger partial charge is 0.444 e. The van der Waals surface area contributed by atoms with Crippen molar-refractivity contribution >= 4 is 29.5 Å². The van der Waals surface area contributed by atoms with Crippen LogP contribution in [0.5, 0.6) is 0 Å². The Bertz CT molecular complexity index is 997. The SMILES string of the molecule is CC(C)(C)OC(=O)N1CC[C@H](NC(=O)CN2CCC(c3ccc(NC4CCC(=O)NC4=O)cc3)CC2)C1. The van der Waals surface area contributed by atoms with Crippen molar-refractivity contribution in [3.8, 4) is 0 Å². The van der Waals surface area contributed by atoms with Gasteiger partial charge in [-0.25, -0.2) is 4.79 Å². The lowest BCUT2D eigenvalue weighted by Crippen LogP contribution is -2.47. The third-order valence-electron chi connectivity index (χ3n) is 7.12. The van der Waals surface area contributed by atoms with E-state index in [4.69, 9.17) is 4.74 Å². The molecule has 0 aliphatic carbocycles. The lowest BCUT2D eigenvalue weighted by atomic mass is 9.89. The normalized spacial score (nSPS) is 23.5. The molecule has 3 saturated heterocycles. The maximum Gasteiger partial charge on any atom is 0.410 e. The van der Waals surface area contributed by atoms with Crippen LogP contribution in [0.15, 0.2) is 24.3 Å². The van der Waals surface area contributed by atoms with E-state index in [1.807, 2.05) is 32.9 Å². The highest BCUT2D eigenvalue weighted by atomic mass is 16.6. The van der Waals surface area contributed by atoms with Gasteiger partial charge >= 0.3 is 6.09 Å². The van der Waals surface area contributed by atoms with Gasteiger partial charge in [-0.15, -0.1) is 0 Å². The van der Waals surface area contributed by atoms with Gasteiger partial charge in [-0.2, -0.15) is 0 Å². The minimum Gasteiger partial charge on any atom is -0.444 e. The summed E-state index contributed by atoms with van der Waals surface area (Å²) in [4.78, 5) is 52.0. The van der Waals surface area contributed by atoms with Gasteiger partial charge in [0.05, 0.1) is 6.54 Å². The fourth-order valence-electron chi connectivity index (χ4n) is 5.16. The Labute approximate surface area is 218 Å². The lowest BCUT2D eigenvalue weighted by Gasteiger charge is -2.32. The summed E-state index contributed by atoms with van der Waals surface area (Å²) in [5.74, 6) is -0.0600. The zero-order valence-electron chi connectivity index (χ0n) is 22.0. The second-order valence-corrected chi connectivity index (χ2v) is 11.3. The molecule has 3 fully saturated rings. The van der Waals surface area contributed by atoms with Crippen LogP contribution in [0.3, 0.4) is 0 Å². The number of benzene rings is 1. The molecule has 3 heterocycles. The molecule has 0 radical (unpaired) electrons. The number of carbonyl (C=O) groups excluding carboxylic acids is 4. The monoisotopic (exact) mass is 513 g/mol. The Morgan fingerprint density at radius 3 is 2.38 bits per heavy atom. The molecule has 37 heavy (non-hydrogen) atoms. The number of anilines is 1. The minimum atomic E-state index is -0.529. The number of nitrogens with zero attached hydrogens (tertiary/aromatic N) is 2. The number of ether oxygens (including phenoxy) is 1. The summed E-state index contributed by atoms with van der Waals surface area (Å²) in [7, 11) is 0. The quantitative estimate of drug-likeness (QED) is 0.499. The van der Waals surface area contributed by atoms with Crippen LogP contribution in [0.4, 0.5) is 10.5 Å². The number of piperidine rings is 2. The molecule has 3 aliphatic heterocycles. The van der Waals surface area contributed by atoms with Gasteiger partial charge in [-0.3, -0.25) is 24.6 Å². The molecule has 2 atom stereocenters. The van der Waals surface area contributed by atoms with Crippen molar-refractivity contribution in [2.24, 2.45) is 0 Å². The maximum absolute atomic E-state index is 12.6. The molecule has 202 valence electrons. The van der Waals surface area contributed by atoms with Crippen LogP contribution in [0.25, 0.3) is 0 Å². The topological polar surface area (TPSA) is 120 Å². The van der Waals surface area contributed by atoms with Crippen LogP contribution >= 0.6 is 0 Å². The van der Waals surface area contributed by atoms with E-state index in [0.717, 1.165) is 38.0 Å². The number of likely N-dealkylation sites (tertiary alicyclic amines) is 2. The molecule has 0 saturated carbocycles. The maximum atomic E-state index is 12.6. The highest BCUT2D eigenvalue weighted by Crippen LogP contribution is 2.29. The summed E-state index contributed by atoms with van der Waals surface area (Å²) in [5.41, 5.74) is 1.59. The summed E-state index contributed by atoms with van der Waals surface area (Å²) in [6.45, 7) is 8.68. The second-order valence-electron chi connectivity index (χ2n) is 11.3. The van der Waals surface area contributed by atoms with E-state index in [-0.39, 0.29) is 35.9 Å². The summed E-state index contributed by atoms with van der Waals surface area (Å²) < 4.78 is 5.43. The highest BCUT2D eigenvalue weighted by molar-refractivity contribution is 6.01. The van der Waals surface area contributed by atoms with Crippen LogP contribution in [0.2, 0.25) is 0 Å². The fourth-order valence-corrected chi connectivity index (χ4v) is 5.16. The van der Waals surface area contributed by atoms with Gasteiger partial charge in [0.25, 0.3) is 0 Å². The number of nitrogens with one attached hydrogen (secondary N) is 3. The molecule has 0 spiro atoms. The summed E-state index contributed by atoms with van der Waals surface area (Å²) in [6.07, 6.45) is 3.21. The van der Waals surface area contributed by atoms with E-state index >= 15 is 0 Å². The van der Waals surface area contributed by atoms with Gasteiger partial charge in [0, 0.05) is 31.2 Å². The minimum absolute atomic E-state index is 0.00151. The Hall–Kier alpha value is -3.14. The molecule has 3 aliphatic rings. The molecule has 0 bridgehead atoms. The highest BCUT2D eigenvalue weighted by Gasteiger charge is 2.31. The second kappa shape index (κ2) is 11.5. The molecule has 1 aromatic rings. The Kier molecular flexibility index (Phi) is 8.36. The van der Waals surface area contributed by atoms with Crippen LogP contribution < -0.4 is 16.0 Å². The molecule has 10 nitrogen and oxygen atoms in total. The predicted octanol–water partition coefficient (Wildman–Crippen LogP) is 2.21.